The molecule has 0 radical (unpaired) electrons. The van der Waals surface area contributed by atoms with Crippen molar-refractivity contribution < 1.29 is 4.79 Å². The van der Waals surface area contributed by atoms with Crippen LogP contribution in [0.25, 0.3) is 16.2 Å². The Morgan fingerprint density at radius 3 is 2.71 bits per heavy atom. The molecule has 0 spiro atoms. The van der Waals surface area contributed by atoms with Crippen molar-refractivity contribution in [2.24, 2.45) is 11.1 Å². The average molecular weight is 340 g/mol. The number of carbonyl (C=O) groups excluding carboxylic acids is 1. The topological polar surface area (TPSA) is 72.4 Å². The third kappa shape index (κ3) is 2.61. The molecule has 1 aliphatic rings. The summed E-state index contributed by atoms with van der Waals surface area (Å²) >= 11 is 1.61. The largest absolute Gasteiger partial charge is 0.329 e. The number of aromatic nitrogens is 2. The number of hydrogen-bond donors (Lipinski definition) is 2. The van der Waals surface area contributed by atoms with E-state index in [2.05, 4.69) is 10.3 Å². The van der Waals surface area contributed by atoms with Crippen LogP contribution < -0.4 is 11.1 Å². The number of nitrogens with one attached hydrogen (secondary N) is 1. The lowest BCUT2D eigenvalue weighted by Crippen LogP contribution is -2.40. The molecule has 24 heavy (non-hydrogen) atoms. The van der Waals surface area contributed by atoms with Crippen molar-refractivity contribution in [3.63, 3.8) is 0 Å². The molecule has 3 aromatic rings. The van der Waals surface area contributed by atoms with Crippen LogP contribution in [0.15, 0.2) is 42.0 Å². The summed E-state index contributed by atoms with van der Waals surface area (Å²) in [5.41, 5.74) is 8.29. The maximum absolute atomic E-state index is 12.6. The molecule has 5 nitrogen and oxygen atoms in total. The van der Waals surface area contributed by atoms with Gasteiger partial charge in [0.25, 0.3) is 0 Å². The summed E-state index contributed by atoms with van der Waals surface area (Å²) in [6.07, 6.45) is 7.96. The van der Waals surface area contributed by atoms with E-state index in [-0.39, 0.29) is 11.3 Å². The van der Waals surface area contributed by atoms with Crippen molar-refractivity contribution in [2.75, 3.05) is 11.9 Å². The third-order valence-corrected chi connectivity index (χ3v) is 5.74. The molecule has 0 atom stereocenters. The summed E-state index contributed by atoms with van der Waals surface area (Å²) in [7, 11) is 0. The number of thiazole rings is 1. The van der Waals surface area contributed by atoms with Crippen LogP contribution in [-0.2, 0) is 4.79 Å². The number of rotatable bonds is 4. The van der Waals surface area contributed by atoms with Gasteiger partial charge in [0.1, 0.15) is 0 Å². The average Bonchev–Trinajstić information content (AvgIpc) is 3.31. The van der Waals surface area contributed by atoms with Crippen molar-refractivity contribution in [3.8, 4) is 11.3 Å². The van der Waals surface area contributed by atoms with Crippen LogP contribution in [-0.4, -0.2) is 21.8 Å². The highest BCUT2D eigenvalue weighted by Gasteiger charge is 2.39. The summed E-state index contributed by atoms with van der Waals surface area (Å²) < 4.78 is 2.01. The summed E-state index contributed by atoms with van der Waals surface area (Å²) in [6, 6.07) is 7.84. The van der Waals surface area contributed by atoms with Gasteiger partial charge in [-0.25, -0.2) is 4.98 Å². The molecular formula is C18H20N4OS. The zero-order valence-electron chi connectivity index (χ0n) is 13.4. The van der Waals surface area contributed by atoms with E-state index in [0.717, 1.165) is 47.6 Å². The number of imidazole rings is 1. The molecule has 2 aromatic heterocycles. The maximum atomic E-state index is 12.6. The van der Waals surface area contributed by atoms with Crippen molar-refractivity contribution in [3.05, 3.63) is 42.0 Å². The van der Waals surface area contributed by atoms with Gasteiger partial charge in [0.15, 0.2) is 4.96 Å². The van der Waals surface area contributed by atoms with Gasteiger partial charge in [-0.15, -0.1) is 11.3 Å². The van der Waals surface area contributed by atoms with E-state index in [4.69, 9.17) is 5.73 Å². The van der Waals surface area contributed by atoms with Crippen LogP contribution in [0.1, 0.15) is 25.7 Å². The minimum Gasteiger partial charge on any atom is -0.329 e. The molecule has 1 fully saturated rings. The van der Waals surface area contributed by atoms with Crippen LogP contribution in [0, 0.1) is 5.41 Å². The Hall–Kier alpha value is -2.18. The zero-order valence-corrected chi connectivity index (χ0v) is 14.2. The highest BCUT2D eigenvalue weighted by Crippen LogP contribution is 2.38. The summed E-state index contributed by atoms with van der Waals surface area (Å²) in [5, 5.41) is 5.05. The number of nitrogens with two attached hydrogens (primary N) is 1. The fourth-order valence-corrected chi connectivity index (χ4v) is 4.13. The van der Waals surface area contributed by atoms with Crippen LogP contribution >= 0.6 is 11.3 Å². The van der Waals surface area contributed by atoms with Crippen molar-refractivity contribution in [1.82, 2.24) is 9.38 Å². The Bertz CT molecular complexity index is 830. The summed E-state index contributed by atoms with van der Waals surface area (Å²) in [5.74, 6) is 0.0535. The molecule has 4 rings (SSSR count). The monoisotopic (exact) mass is 340 g/mol. The zero-order chi connectivity index (χ0) is 16.6. The molecule has 1 saturated carbocycles. The molecule has 0 saturated heterocycles. The standard InChI is InChI=1S/C18H20N4OS/c19-12-18(7-1-2-8-18)16(23)20-14-5-3-13(4-6-14)15-11-22-9-10-24-17(22)21-15/h3-6,9-11H,1-2,7-8,12,19H2,(H,20,23). The molecule has 6 heteroatoms. The lowest BCUT2D eigenvalue weighted by Gasteiger charge is -2.25. The highest BCUT2D eigenvalue weighted by molar-refractivity contribution is 7.15. The van der Waals surface area contributed by atoms with Crippen molar-refractivity contribution in [1.29, 1.82) is 0 Å². The Morgan fingerprint density at radius 2 is 2.04 bits per heavy atom. The van der Waals surface area contributed by atoms with Gasteiger partial charge >= 0.3 is 0 Å². The third-order valence-electron chi connectivity index (χ3n) is 4.96. The lowest BCUT2D eigenvalue weighted by molar-refractivity contribution is -0.124. The fraction of sp³-hybridized carbons (Fsp3) is 0.333. The van der Waals surface area contributed by atoms with Crippen LogP contribution in [0.3, 0.4) is 0 Å². The van der Waals surface area contributed by atoms with Crippen LogP contribution in [0.4, 0.5) is 5.69 Å². The first-order valence-corrected chi connectivity index (χ1v) is 9.12. The van der Waals surface area contributed by atoms with Gasteiger partial charge in [-0.1, -0.05) is 25.0 Å². The summed E-state index contributed by atoms with van der Waals surface area (Å²) in [4.78, 5) is 18.2. The second kappa shape index (κ2) is 6.03. The SMILES string of the molecule is NCC1(C(=O)Nc2ccc(-c3cn4ccsc4n3)cc2)CCCC1. The van der Waals surface area contributed by atoms with E-state index in [1.165, 1.54) is 0 Å². The quantitative estimate of drug-likeness (QED) is 0.763. The van der Waals surface area contributed by atoms with Gasteiger partial charge in [0, 0.05) is 35.6 Å². The molecule has 1 aliphatic carbocycles. The number of amides is 1. The first kappa shape index (κ1) is 15.4. The Balaban J connectivity index is 1.51. The Kier molecular flexibility index (Phi) is 3.86. The fourth-order valence-electron chi connectivity index (χ4n) is 3.43. The number of anilines is 1. The van der Waals surface area contributed by atoms with Gasteiger partial charge < -0.3 is 11.1 Å². The molecule has 124 valence electrons. The predicted molar refractivity (Wildman–Crippen MR) is 97.1 cm³/mol. The van der Waals surface area contributed by atoms with E-state index < -0.39 is 0 Å². The molecule has 0 unspecified atom stereocenters. The van der Waals surface area contributed by atoms with E-state index in [1.54, 1.807) is 11.3 Å². The second-order valence-electron chi connectivity index (χ2n) is 6.44. The molecule has 1 aromatic carbocycles. The number of benzene rings is 1. The number of nitrogens with zero attached hydrogens (tertiary/aromatic N) is 2. The second-order valence-corrected chi connectivity index (χ2v) is 7.32. The van der Waals surface area contributed by atoms with Gasteiger partial charge in [0.2, 0.25) is 5.91 Å². The van der Waals surface area contributed by atoms with Gasteiger partial charge in [0.05, 0.1) is 11.1 Å². The summed E-state index contributed by atoms with van der Waals surface area (Å²) in [6.45, 7) is 0.419. The van der Waals surface area contributed by atoms with E-state index in [1.807, 2.05) is 46.4 Å². The molecule has 3 N–H and O–H groups in total. The molecule has 0 aliphatic heterocycles. The first-order chi connectivity index (χ1) is 11.7. The molecule has 0 bridgehead atoms. The number of carbonyl (C=O) groups is 1. The minimum absolute atomic E-state index is 0.0535. The molecule has 2 heterocycles. The molecule has 1 amide bonds. The van der Waals surface area contributed by atoms with Crippen LogP contribution in [0.2, 0.25) is 0 Å². The van der Waals surface area contributed by atoms with Crippen molar-refractivity contribution >= 4 is 27.9 Å². The molecular weight excluding hydrogens is 320 g/mol. The van der Waals surface area contributed by atoms with Gasteiger partial charge in [-0.2, -0.15) is 0 Å². The maximum Gasteiger partial charge on any atom is 0.231 e. The lowest BCUT2D eigenvalue weighted by atomic mass is 9.85. The normalized spacial score (nSPS) is 16.5. The number of hydrogen-bond acceptors (Lipinski definition) is 4. The van der Waals surface area contributed by atoms with E-state index in [9.17, 15) is 4.79 Å². The van der Waals surface area contributed by atoms with Gasteiger partial charge in [-0.05, 0) is 25.0 Å². The van der Waals surface area contributed by atoms with Gasteiger partial charge in [-0.3, -0.25) is 9.20 Å². The number of fused-ring (bicyclic) bond motifs is 1. The van der Waals surface area contributed by atoms with E-state index in [0.29, 0.717) is 6.54 Å². The smallest absolute Gasteiger partial charge is 0.231 e. The minimum atomic E-state index is -0.382. The Morgan fingerprint density at radius 1 is 1.29 bits per heavy atom. The Labute approximate surface area is 144 Å². The van der Waals surface area contributed by atoms with Crippen LogP contribution in [0.5, 0.6) is 0 Å². The first-order valence-electron chi connectivity index (χ1n) is 8.24. The highest BCUT2D eigenvalue weighted by atomic mass is 32.1. The van der Waals surface area contributed by atoms with E-state index >= 15 is 0 Å². The van der Waals surface area contributed by atoms with Crippen molar-refractivity contribution in [2.45, 2.75) is 25.7 Å². The predicted octanol–water partition coefficient (Wildman–Crippen LogP) is 3.52.